The Kier molecular flexibility index (Phi) is 4.80. The van der Waals surface area contributed by atoms with Crippen LogP contribution in [0, 0.1) is 0 Å². The van der Waals surface area contributed by atoms with Crippen LogP contribution in [0.4, 0.5) is 13.2 Å². The fraction of sp³-hybridized carbons (Fsp3) is 0.312. The monoisotopic (exact) mass is 372 g/mol. The van der Waals surface area contributed by atoms with Gasteiger partial charge in [0.2, 0.25) is 0 Å². The second-order valence-corrected chi connectivity index (χ2v) is 5.84. The summed E-state index contributed by atoms with van der Waals surface area (Å²) >= 11 is 5.71. The number of halogens is 4. The lowest BCUT2D eigenvalue weighted by Crippen LogP contribution is -2.08. The first kappa shape index (κ1) is 17.5. The molecule has 132 valence electrons. The van der Waals surface area contributed by atoms with Crippen LogP contribution in [-0.4, -0.2) is 22.1 Å². The number of nitrogens with zero attached hydrogens (tertiary/aromatic N) is 2. The van der Waals surface area contributed by atoms with Gasteiger partial charge in [0.1, 0.15) is 11.9 Å². The lowest BCUT2D eigenvalue weighted by Gasteiger charge is -2.14. The Hall–Kier alpha value is -2.35. The smallest absolute Gasteiger partial charge is 0.389 e. The number of fused-ring (bicyclic) bond motifs is 1. The van der Waals surface area contributed by atoms with Gasteiger partial charge in [0, 0.05) is 12.0 Å². The van der Waals surface area contributed by atoms with E-state index in [-0.39, 0.29) is 30.2 Å². The summed E-state index contributed by atoms with van der Waals surface area (Å²) < 4.78 is 47.8. The molecule has 1 aliphatic rings. The van der Waals surface area contributed by atoms with Gasteiger partial charge in [0.05, 0.1) is 23.0 Å². The Morgan fingerprint density at radius 1 is 1.24 bits per heavy atom. The Labute approximate surface area is 145 Å². The van der Waals surface area contributed by atoms with E-state index in [0.29, 0.717) is 10.6 Å². The molecule has 1 atom stereocenters. The van der Waals surface area contributed by atoms with Crippen LogP contribution >= 0.6 is 11.6 Å². The molecule has 0 aliphatic carbocycles. The molecule has 3 rings (SSSR count). The average Bonchev–Trinajstić information content (AvgIpc) is 2.86. The third kappa shape index (κ3) is 4.19. The summed E-state index contributed by atoms with van der Waals surface area (Å²) in [6.45, 7) is 0. The second kappa shape index (κ2) is 6.87. The molecule has 2 aromatic rings. The number of esters is 1. The van der Waals surface area contributed by atoms with E-state index >= 15 is 0 Å². The van der Waals surface area contributed by atoms with E-state index in [1.54, 1.807) is 12.1 Å². The molecule has 0 saturated carbocycles. The van der Waals surface area contributed by atoms with Gasteiger partial charge >= 0.3 is 18.2 Å². The highest BCUT2D eigenvalue weighted by Crippen LogP contribution is 2.41. The molecule has 1 aromatic heterocycles. The fourth-order valence-corrected chi connectivity index (χ4v) is 2.63. The largest absolute Gasteiger partial charge is 0.454 e. The van der Waals surface area contributed by atoms with E-state index < -0.39 is 24.7 Å². The van der Waals surface area contributed by atoms with Crippen molar-refractivity contribution in [3.63, 3.8) is 0 Å². The molecule has 5 nitrogen and oxygen atoms in total. The molecular weight excluding hydrogens is 361 g/mol. The van der Waals surface area contributed by atoms with Gasteiger partial charge in [0.15, 0.2) is 0 Å². The minimum absolute atomic E-state index is 0.00573. The minimum atomic E-state index is -4.25. The molecule has 25 heavy (non-hydrogen) atoms. The van der Waals surface area contributed by atoms with Gasteiger partial charge in [-0.15, -0.1) is 0 Å². The third-order valence-electron chi connectivity index (χ3n) is 3.58. The number of alkyl halides is 3. The number of hydrogen-bond acceptors (Lipinski definition) is 5. The van der Waals surface area contributed by atoms with E-state index in [4.69, 9.17) is 21.1 Å². The first-order valence-electron chi connectivity index (χ1n) is 7.39. The Bertz CT molecular complexity index is 781. The normalized spacial score (nSPS) is 16.5. The van der Waals surface area contributed by atoms with Crippen molar-refractivity contribution in [2.75, 3.05) is 0 Å². The number of aromatic nitrogens is 2. The summed E-state index contributed by atoms with van der Waals surface area (Å²) in [5, 5.41) is 0.328. The highest BCUT2D eigenvalue weighted by Gasteiger charge is 2.35. The van der Waals surface area contributed by atoms with Crippen LogP contribution in [0.1, 0.15) is 41.3 Å². The van der Waals surface area contributed by atoms with Crippen LogP contribution < -0.4 is 4.74 Å². The summed E-state index contributed by atoms with van der Waals surface area (Å²) in [5.74, 6) is -0.322. The molecule has 2 heterocycles. The van der Waals surface area contributed by atoms with Crippen LogP contribution in [0.15, 0.2) is 30.6 Å². The van der Waals surface area contributed by atoms with Gasteiger partial charge in [-0.3, -0.25) is 0 Å². The maximum atomic E-state index is 12.3. The van der Waals surface area contributed by atoms with Crippen molar-refractivity contribution >= 4 is 17.6 Å². The molecule has 1 aliphatic heterocycles. The average molecular weight is 373 g/mol. The summed E-state index contributed by atoms with van der Waals surface area (Å²) in [7, 11) is 0. The van der Waals surface area contributed by atoms with Crippen LogP contribution in [0.3, 0.4) is 0 Å². The van der Waals surface area contributed by atoms with Gasteiger partial charge < -0.3 is 9.47 Å². The highest BCUT2D eigenvalue weighted by molar-refractivity contribution is 6.30. The van der Waals surface area contributed by atoms with Crippen LogP contribution in [0.2, 0.25) is 5.02 Å². The van der Waals surface area contributed by atoms with E-state index in [1.807, 2.05) is 0 Å². The first-order chi connectivity index (χ1) is 11.8. The molecule has 1 aromatic carbocycles. The first-order valence-corrected chi connectivity index (χ1v) is 7.77. The molecule has 0 radical (unpaired) electrons. The standard InChI is InChI=1S/C16H12ClF3N2O3/c17-9-7-21-15(22-8-9)25-12-4-1-3-10-13(12)11(24-14(10)23)5-2-6-16(18,19)20/h1,3-4,7-8,11H,2,5-6H2/t11-/m1/s1. The summed E-state index contributed by atoms with van der Waals surface area (Å²) in [6.07, 6.45) is -3.43. The van der Waals surface area contributed by atoms with E-state index in [2.05, 4.69) is 9.97 Å². The Balaban J connectivity index is 1.82. The summed E-state index contributed by atoms with van der Waals surface area (Å²) in [5.41, 5.74) is 0.677. The number of hydrogen-bond donors (Lipinski definition) is 0. The van der Waals surface area contributed by atoms with Crippen molar-refractivity contribution < 1.29 is 27.4 Å². The SMILES string of the molecule is O=C1O[C@H](CCCC(F)(F)F)c2c(Oc3ncc(Cl)cn3)cccc21. The molecule has 0 fully saturated rings. The molecule has 0 N–H and O–H groups in total. The van der Waals surface area contributed by atoms with E-state index in [1.165, 1.54) is 18.5 Å². The Morgan fingerprint density at radius 2 is 1.96 bits per heavy atom. The summed E-state index contributed by atoms with van der Waals surface area (Å²) in [4.78, 5) is 19.7. The zero-order chi connectivity index (χ0) is 18.0. The van der Waals surface area contributed by atoms with Crippen molar-refractivity contribution in [1.82, 2.24) is 9.97 Å². The molecule has 0 saturated heterocycles. The van der Waals surface area contributed by atoms with Crippen LogP contribution in [0.5, 0.6) is 11.8 Å². The molecule has 0 unspecified atom stereocenters. The van der Waals surface area contributed by atoms with Crippen molar-refractivity contribution in [2.24, 2.45) is 0 Å². The quantitative estimate of drug-likeness (QED) is 0.701. The number of benzene rings is 1. The van der Waals surface area contributed by atoms with Crippen LogP contribution in [0.25, 0.3) is 0 Å². The minimum Gasteiger partial charge on any atom is -0.454 e. The predicted octanol–water partition coefficient (Wildman–Crippen LogP) is 4.87. The number of cyclic esters (lactones) is 1. The maximum Gasteiger partial charge on any atom is 0.389 e. The lowest BCUT2D eigenvalue weighted by molar-refractivity contribution is -0.136. The molecular formula is C16H12ClF3N2O3. The number of carbonyl (C=O) groups is 1. The maximum absolute atomic E-state index is 12.3. The van der Waals surface area contributed by atoms with Crippen molar-refractivity contribution in [1.29, 1.82) is 0 Å². The second-order valence-electron chi connectivity index (χ2n) is 5.40. The molecule has 0 spiro atoms. The van der Waals surface area contributed by atoms with E-state index in [9.17, 15) is 18.0 Å². The zero-order valence-corrected chi connectivity index (χ0v) is 13.5. The van der Waals surface area contributed by atoms with E-state index in [0.717, 1.165) is 0 Å². The van der Waals surface area contributed by atoms with Gasteiger partial charge in [0.25, 0.3) is 0 Å². The number of rotatable bonds is 5. The highest BCUT2D eigenvalue weighted by atomic mass is 35.5. The molecule has 9 heteroatoms. The lowest BCUT2D eigenvalue weighted by atomic mass is 10.00. The predicted molar refractivity (Wildman–Crippen MR) is 81.6 cm³/mol. The zero-order valence-electron chi connectivity index (χ0n) is 12.7. The van der Waals surface area contributed by atoms with Crippen LogP contribution in [-0.2, 0) is 4.74 Å². The fourth-order valence-electron chi connectivity index (χ4n) is 2.54. The summed E-state index contributed by atoms with van der Waals surface area (Å²) in [6, 6.07) is 4.71. The van der Waals surface area contributed by atoms with Crippen molar-refractivity contribution in [3.8, 4) is 11.8 Å². The third-order valence-corrected chi connectivity index (χ3v) is 3.78. The Morgan fingerprint density at radius 3 is 2.64 bits per heavy atom. The van der Waals surface area contributed by atoms with Crippen molar-refractivity contribution in [2.45, 2.75) is 31.5 Å². The molecule has 0 amide bonds. The van der Waals surface area contributed by atoms with Gasteiger partial charge in [-0.1, -0.05) is 17.7 Å². The number of ether oxygens (including phenoxy) is 2. The molecule has 0 bridgehead atoms. The van der Waals surface area contributed by atoms with Crippen molar-refractivity contribution in [3.05, 3.63) is 46.7 Å². The van der Waals surface area contributed by atoms with Gasteiger partial charge in [-0.25, -0.2) is 14.8 Å². The van der Waals surface area contributed by atoms with Gasteiger partial charge in [-0.2, -0.15) is 13.2 Å². The number of carbonyl (C=O) groups excluding carboxylic acids is 1. The topological polar surface area (TPSA) is 61.3 Å². The van der Waals surface area contributed by atoms with Gasteiger partial charge in [-0.05, 0) is 25.0 Å².